The van der Waals surface area contributed by atoms with Gasteiger partial charge in [-0.2, -0.15) is 5.10 Å². The molecule has 0 fully saturated rings. The normalized spacial score (nSPS) is 11.1. The van der Waals surface area contributed by atoms with E-state index in [-0.39, 0.29) is 6.61 Å². The Balaban J connectivity index is 1.47. The van der Waals surface area contributed by atoms with Gasteiger partial charge in [0, 0.05) is 5.69 Å². The van der Waals surface area contributed by atoms with Gasteiger partial charge in [-0.3, -0.25) is 13.9 Å². The molecule has 3 aromatic rings. The molecule has 9 nitrogen and oxygen atoms in total. The Kier molecular flexibility index (Phi) is 8.52. The minimum atomic E-state index is -3.66. The van der Waals surface area contributed by atoms with Crippen molar-refractivity contribution in [3.8, 4) is 5.75 Å². The van der Waals surface area contributed by atoms with E-state index in [1.807, 2.05) is 0 Å². The fourth-order valence-electron chi connectivity index (χ4n) is 2.87. The number of hydrogen-bond acceptors (Lipinski definition) is 6. The second kappa shape index (κ2) is 11.7. The lowest BCUT2D eigenvalue weighted by molar-refractivity contribution is -0.119. The lowest BCUT2D eigenvalue weighted by Crippen LogP contribution is -2.38. The number of halogens is 1. The summed E-state index contributed by atoms with van der Waals surface area (Å²) < 4.78 is 43.4. The topological polar surface area (TPSA) is 117 Å². The molecule has 35 heavy (non-hydrogen) atoms. The number of anilines is 2. The lowest BCUT2D eigenvalue weighted by Gasteiger charge is -2.21. The van der Waals surface area contributed by atoms with Crippen molar-refractivity contribution in [3.05, 3.63) is 90.2 Å². The molecule has 3 rings (SSSR count). The third-order valence-electron chi connectivity index (χ3n) is 4.51. The summed E-state index contributed by atoms with van der Waals surface area (Å²) in [6.45, 7) is -0.661. The molecule has 0 saturated heterocycles. The number of hydrogen-bond donors (Lipinski definition) is 2. The van der Waals surface area contributed by atoms with Crippen molar-refractivity contribution in [1.29, 1.82) is 0 Å². The summed E-state index contributed by atoms with van der Waals surface area (Å²) in [5, 5.41) is 6.44. The van der Waals surface area contributed by atoms with Gasteiger partial charge in [-0.05, 0) is 66.2 Å². The van der Waals surface area contributed by atoms with Crippen molar-refractivity contribution in [3.63, 3.8) is 0 Å². The molecule has 0 saturated carbocycles. The monoisotopic (exact) mass is 498 g/mol. The van der Waals surface area contributed by atoms with Crippen LogP contribution < -0.4 is 19.8 Å². The molecular formula is C24H23FN4O5S. The molecule has 0 aromatic heterocycles. The van der Waals surface area contributed by atoms with Gasteiger partial charge in [0.15, 0.2) is 6.61 Å². The van der Waals surface area contributed by atoms with Crippen molar-refractivity contribution in [2.75, 3.05) is 29.0 Å². The number of carbonyl (C=O) groups is 2. The number of hydrazone groups is 1. The SMILES string of the molecule is CS(=O)(=O)N(CC(=O)N/N=C\c1ccc(OCC(=O)Nc2ccc(F)cc2)cc1)c1ccccc1. The molecule has 182 valence electrons. The van der Waals surface area contributed by atoms with Gasteiger partial charge in [0.1, 0.15) is 18.1 Å². The highest BCUT2D eigenvalue weighted by molar-refractivity contribution is 7.92. The van der Waals surface area contributed by atoms with E-state index < -0.39 is 34.2 Å². The van der Waals surface area contributed by atoms with Gasteiger partial charge >= 0.3 is 0 Å². The Morgan fingerprint density at radius 3 is 2.26 bits per heavy atom. The first kappa shape index (κ1) is 25.4. The van der Waals surface area contributed by atoms with Crippen LogP contribution in [0.3, 0.4) is 0 Å². The van der Waals surface area contributed by atoms with Crippen LogP contribution >= 0.6 is 0 Å². The van der Waals surface area contributed by atoms with Crippen molar-refractivity contribution < 1.29 is 27.1 Å². The van der Waals surface area contributed by atoms with Crippen LogP contribution in [0, 0.1) is 5.82 Å². The summed E-state index contributed by atoms with van der Waals surface area (Å²) in [5.74, 6) is -0.969. The second-order valence-electron chi connectivity index (χ2n) is 7.31. The molecule has 2 amide bonds. The highest BCUT2D eigenvalue weighted by Crippen LogP contribution is 2.16. The van der Waals surface area contributed by atoms with Crippen LogP contribution in [0.1, 0.15) is 5.56 Å². The molecule has 0 aliphatic carbocycles. The van der Waals surface area contributed by atoms with Crippen LogP contribution in [0.5, 0.6) is 5.75 Å². The number of sulfonamides is 1. The number of ether oxygens (including phenoxy) is 1. The van der Waals surface area contributed by atoms with Gasteiger partial charge in [0.25, 0.3) is 11.8 Å². The number of rotatable bonds is 10. The highest BCUT2D eigenvalue weighted by atomic mass is 32.2. The Bertz CT molecular complexity index is 1280. The summed E-state index contributed by atoms with van der Waals surface area (Å²) in [6.07, 6.45) is 2.41. The molecule has 0 heterocycles. The highest BCUT2D eigenvalue weighted by Gasteiger charge is 2.20. The first-order chi connectivity index (χ1) is 16.7. The number of para-hydroxylation sites is 1. The summed E-state index contributed by atoms with van der Waals surface area (Å²) >= 11 is 0. The summed E-state index contributed by atoms with van der Waals surface area (Å²) in [6, 6.07) is 20.2. The largest absolute Gasteiger partial charge is 0.484 e. The number of carbonyl (C=O) groups excluding carboxylic acids is 2. The standard InChI is InChI=1S/C24H23FN4O5S/c1-35(32,33)29(21-5-3-2-4-6-21)16-23(30)28-26-15-18-7-13-22(14-8-18)34-17-24(31)27-20-11-9-19(25)10-12-20/h2-15H,16-17H2,1H3,(H,27,31)(H,28,30)/b26-15-. The third kappa shape index (κ3) is 8.23. The quantitative estimate of drug-likeness (QED) is 0.329. The van der Waals surface area contributed by atoms with Gasteiger partial charge in [-0.1, -0.05) is 18.2 Å². The van der Waals surface area contributed by atoms with Crippen LogP contribution in [0.15, 0.2) is 84.0 Å². The zero-order valence-corrected chi connectivity index (χ0v) is 19.5. The van der Waals surface area contributed by atoms with E-state index in [1.54, 1.807) is 54.6 Å². The van der Waals surface area contributed by atoms with Crippen LogP contribution in [0.2, 0.25) is 0 Å². The smallest absolute Gasteiger partial charge is 0.262 e. The van der Waals surface area contributed by atoms with E-state index in [9.17, 15) is 22.4 Å². The molecule has 0 aliphatic rings. The molecule has 0 atom stereocenters. The van der Waals surface area contributed by atoms with Crippen LogP contribution in [0.25, 0.3) is 0 Å². The molecule has 0 spiro atoms. The first-order valence-electron chi connectivity index (χ1n) is 10.3. The fourth-order valence-corrected chi connectivity index (χ4v) is 3.72. The molecular weight excluding hydrogens is 475 g/mol. The average Bonchev–Trinajstić information content (AvgIpc) is 2.83. The number of nitrogens with one attached hydrogen (secondary N) is 2. The maximum absolute atomic E-state index is 12.9. The molecule has 0 bridgehead atoms. The minimum Gasteiger partial charge on any atom is -0.484 e. The fraction of sp³-hybridized carbons (Fsp3) is 0.125. The lowest BCUT2D eigenvalue weighted by atomic mass is 10.2. The zero-order chi connectivity index (χ0) is 25.3. The molecule has 0 radical (unpaired) electrons. The first-order valence-corrected chi connectivity index (χ1v) is 12.2. The van der Waals surface area contributed by atoms with E-state index in [1.165, 1.54) is 30.5 Å². The predicted octanol–water partition coefficient (Wildman–Crippen LogP) is 2.76. The van der Waals surface area contributed by atoms with E-state index in [2.05, 4.69) is 15.8 Å². The van der Waals surface area contributed by atoms with E-state index in [0.717, 1.165) is 10.6 Å². The summed E-state index contributed by atoms with van der Waals surface area (Å²) in [5.41, 5.74) is 3.76. The maximum Gasteiger partial charge on any atom is 0.262 e. The molecule has 11 heteroatoms. The average molecular weight is 499 g/mol. The molecule has 0 unspecified atom stereocenters. The Hall–Kier alpha value is -4.25. The Morgan fingerprint density at radius 2 is 1.63 bits per heavy atom. The predicted molar refractivity (Wildman–Crippen MR) is 131 cm³/mol. The zero-order valence-electron chi connectivity index (χ0n) is 18.7. The van der Waals surface area contributed by atoms with Crippen molar-refractivity contribution in [2.45, 2.75) is 0 Å². The van der Waals surface area contributed by atoms with Gasteiger partial charge in [0.05, 0.1) is 18.2 Å². The molecule has 3 aromatic carbocycles. The number of benzene rings is 3. The van der Waals surface area contributed by atoms with Crippen LogP contribution in [0.4, 0.5) is 15.8 Å². The maximum atomic E-state index is 12.9. The summed E-state index contributed by atoms with van der Waals surface area (Å²) in [7, 11) is -3.66. The van der Waals surface area contributed by atoms with E-state index in [4.69, 9.17) is 4.74 Å². The number of amides is 2. The minimum absolute atomic E-state index is 0.237. The third-order valence-corrected chi connectivity index (χ3v) is 5.65. The van der Waals surface area contributed by atoms with Crippen LogP contribution in [-0.2, 0) is 19.6 Å². The van der Waals surface area contributed by atoms with E-state index >= 15 is 0 Å². The van der Waals surface area contributed by atoms with Crippen molar-refractivity contribution >= 4 is 39.4 Å². The Labute approximate surface area is 202 Å². The van der Waals surface area contributed by atoms with Gasteiger partial charge in [0.2, 0.25) is 10.0 Å². The molecule has 2 N–H and O–H groups in total. The molecule has 0 aliphatic heterocycles. The van der Waals surface area contributed by atoms with Gasteiger partial charge in [-0.25, -0.2) is 18.2 Å². The summed E-state index contributed by atoms with van der Waals surface area (Å²) in [4.78, 5) is 24.1. The van der Waals surface area contributed by atoms with Gasteiger partial charge in [-0.15, -0.1) is 0 Å². The van der Waals surface area contributed by atoms with Crippen LogP contribution in [-0.4, -0.2) is 45.9 Å². The number of nitrogens with zero attached hydrogens (tertiary/aromatic N) is 2. The second-order valence-corrected chi connectivity index (χ2v) is 9.22. The van der Waals surface area contributed by atoms with Crippen molar-refractivity contribution in [1.82, 2.24) is 5.43 Å². The van der Waals surface area contributed by atoms with E-state index in [0.29, 0.717) is 22.7 Å². The van der Waals surface area contributed by atoms with Gasteiger partial charge < -0.3 is 10.1 Å². The van der Waals surface area contributed by atoms with Crippen molar-refractivity contribution in [2.24, 2.45) is 5.10 Å². The Morgan fingerprint density at radius 1 is 0.971 bits per heavy atom.